The van der Waals surface area contributed by atoms with Gasteiger partial charge in [0, 0.05) is 48.4 Å². The van der Waals surface area contributed by atoms with Gasteiger partial charge in [0.1, 0.15) is 5.82 Å². The molecule has 0 radical (unpaired) electrons. The summed E-state index contributed by atoms with van der Waals surface area (Å²) in [5.74, 6) is -0.932. The Labute approximate surface area is 181 Å². The number of likely N-dealkylation sites (N-methyl/N-ethyl adjacent to an activating group) is 1. The van der Waals surface area contributed by atoms with Crippen LogP contribution in [0.4, 0.5) is 4.39 Å². The van der Waals surface area contributed by atoms with E-state index in [2.05, 4.69) is 10.2 Å². The van der Waals surface area contributed by atoms with Gasteiger partial charge in [-0.3, -0.25) is 14.5 Å². The summed E-state index contributed by atoms with van der Waals surface area (Å²) in [6.45, 7) is 4.86. The van der Waals surface area contributed by atoms with Crippen molar-refractivity contribution >= 4 is 12.0 Å². The Morgan fingerprint density at radius 1 is 1.29 bits per heavy atom. The fraction of sp³-hybridized carbons (Fsp3) is 0.417. The molecule has 2 aliphatic rings. The highest BCUT2D eigenvalue weighted by Gasteiger charge is 2.54. The zero-order valence-electron chi connectivity index (χ0n) is 17.8. The maximum absolute atomic E-state index is 13.9. The molecule has 1 saturated heterocycles. The highest BCUT2D eigenvalue weighted by molar-refractivity contribution is 5.82. The number of aliphatic hydroxyl groups excluding tert-OH is 1. The number of hydrogen-bond acceptors (Lipinski definition) is 4. The molecule has 1 amide bonds. The number of rotatable bonds is 6. The Kier molecular flexibility index (Phi) is 6.07. The average Bonchev–Trinajstić information content (AvgIpc) is 3.29. The minimum atomic E-state index is -0.532. The highest BCUT2D eigenvalue weighted by atomic mass is 19.1. The second-order valence-corrected chi connectivity index (χ2v) is 8.17. The number of hydrogen-bond donors (Lipinski definition) is 2. The van der Waals surface area contributed by atoms with Gasteiger partial charge in [-0.2, -0.15) is 0 Å². The number of pyridine rings is 1. The molecule has 1 aromatic heterocycles. The van der Waals surface area contributed by atoms with Crippen LogP contribution >= 0.6 is 0 Å². The van der Waals surface area contributed by atoms with Crippen molar-refractivity contribution in [2.75, 3.05) is 13.2 Å². The summed E-state index contributed by atoms with van der Waals surface area (Å²) >= 11 is 0. The van der Waals surface area contributed by atoms with Gasteiger partial charge in [0.05, 0.1) is 12.1 Å². The van der Waals surface area contributed by atoms with E-state index in [1.807, 2.05) is 32.1 Å². The summed E-state index contributed by atoms with van der Waals surface area (Å²) in [7, 11) is 0. The van der Waals surface area contributed by atoms with Crippen LogP contribution in [0.3, 0.4) is 0 Å². The average molecular weight is 426 g/mol. The van der Waals surface area contributed by atoms with E-state index in [0.29, 0.717) is 24.2 Å². The lowest BCUT2D eigenvalue weighted by atomic mass is 9.88. The number of allylic oxidation sites excluding steroid dienone is 1. The highest BCUT2D eigenvalue weighted by Crippen LogP contribution is 2.48. The summed E-state index contributed by atoms with van der Waals surface area (Å²) in [6.07, 6.45) is 3.63. The first-order valence-corrected chi connectivity index (χ1v) is 10.8. The maximum Gasteiger partial charge on any atom is 0.258 e. The number of nitrogens with one attached hydrogen (secondary N) is 1. The molecule has 4 rings (SSSR count). The van der Waals surface area contributed by atoms with Gasteiger partial charge in [0.2, 0.25) is 5.91 Å². The first-order valence-electron chi connectivity index (χ1n) is 10.8. The van der Waals surface area contributed by atoms with Crippen molar-refractivity contribution in [1.29, 1.82) is 0 Å². The number of amides is 1. The molecule has 6 nitrogen and oxygen atoms in total. The first-order chi connectivity index (χ1) is 15.0. The number of likely N-dealkylation sites (tertiary alicyclic amines) is 1. The second kappa shape index (κ2) is 8.77. The Morgan fingerprint density at radius 2 is 2.06 bits per heavy atom. The van der Waals surface area contributed by atoms with E-state index in [4.69, 9.17) is 0 Å². The van der Waals surface area contributed by atoms with Gasteiger partial charge in [-0.15, -0.1) is 0 Å². The van der Waals surface area contributed by atoms with Crippen LogP contribution in [0, 0.1) is 17.7 Å². The zero-order chi connectivity index (χ0) is 22.1. The van der Waals surface area contributed by atoms with Crippen LogP contribution in [0.25, 0.3) is 6.08 Å². The van der Waals surface area contributed by atoms with Gasteiger partial charge < -0.3 is 15.0 Å². The Bertz CT molecular complexity index is 1060. The van der Waals surface area contributed by atoms with Crippen LogP contribution in [0.15, 0.2) is 47.3 Å². The number of halogens is 1. The van der Waals surface area contributed by atoms with Gasteiger partial charge in [0.25, 0.3) is 5.56 Å². The van der Waals surface area contributed by atoms with Gasteiger partial charge in [0.15, 0.2) is 0 Å². The normalized spacial score (nSPS) is 25.0. The number of carbonyl (C=O) groups excluding carboxylic acids is 1. The van der Waals surface area contributed by atoms with Crippen LogP contribution in [-0.2, 0) is 17.9 Å². The molecule has 2 aliphatic heterocycles. The molecule has 3 heterocycles. The molecule has 7 heteroatoms. The lowest BCUT2D eigenvalue weighted by molar-refractivity contribution is -0.127. The second-order valence-electron chi connectivity index (χ2n) is 8.17. The minimum Gasteiger partial charge on any atom is -0.396 e. The largest absolute Gasteiger partial charge is 0.396 e. The molecule has 0 unspecified atom stereocenters. The lowest BCUT2D eigenvalue weighted by Crippen LogP contribution is -2.48. The smallest absolute Gasteiger partial charge is 0.258 e. The number of nitrogens with zero attached hydrogens (tertiary/aromatic N) is 2. The Hall–Kier alpha value is -2.77. The minimum absolute atomic E-state index is 0.0392. The van der Waals surface area contributed by atoms with Crippen LogP contribution in [0.2, 0.25) is 0 Å². The molecule has 1 fully saturated rings. The van der Waals surface area contributed by atoms with E-state index < -0.39 is 6.04 Å². The molecule has 2 N–H and O–H groups in total. The quantitative estimate of drug-likeness (QED) is 0.745. The van der Waals surface area contributed by atoms with E-state index in [-0.39, 0.29) is 48.3 Å². The van der Waals surface area contributed by atoms with E-state index in [0.717, 1.165) is 5.69 Å². The summed E-state index contributed by atoms with van der Waals surface area (Å²) in [5.41, 5.74) is 1.89. The third-order valence-electron chi connectivity index (χ3n) is 6.61. The van der Waals surface area contributed by atoms with Gasteiger partial charge in [-0.05, 0) is 31.7 Å². The van der Waals surface area contributed by atoms with E-state index in [1.165, 1.54) is 6.07 Å². The van der Waals surface area contributed by atoms with Crippen molar-refractivity contribution in [2.45, 2.75) is 39.0 Å². The van der Waals surface area contributed by atoms with Crippen LogP contribution < -0.4 is 10.9 Å². The number of aromatic nitrogens is 1. The molecule has 2 aromatic rings. The third-order valence-corrected chi connectivity index (χ3v) is 6.61. The summed E-state index contributed by atoms with van der Waals surface area (Å²) in [6, 6.07) is 9.49. The monoisotopic (exact) mass is 425 g/mol. The molecular formula is C24H28FN3O3. The zero-order valence-corrected chi connectivity index (χ0v) is 17.8. The molecule has 0 saturated carbocycles. The van der Waals surface area contributed by atoms with Gasteiger partial charge >= 0.3 is 0 Å². The van der Waals surface area contributed by atoms with Crippen molar-refractivity contribution in [1.82, 2.24) is 14.8 Å². The molecule has 164 valence electrons. The van der Waals surface area contributed by atoms with Gasteiger partial charge in [-0.25, -0.2) is 4.39 Å². The van der Waals surface area contributed by atoms with Gasteiger partial charge in [-0.1, -0.05) is 37.3 Å². The predicted octanol–water partition coefficient (Wildman–Crippen LogP) is 2.32. The van der Waals surface area contributed by atoms with Crippen molar-refractivity contribution < 1.29 is 14.3 Å². The SMILES string of the molecule is C/C=C\c1ccc2n(c1=O)C[C@H]1[C@H](CO)[C@@H](C(=O)NCc3ccccc3F)N(CC)[C@@H]21. The van der Waals surface area contributed by atoms with E-state index in [1.54, 1.807) is 28.8 Å². The number of aliphatic hydroxyl groups is 1. The number of carbonyl (C=O) groups is 1. The molecule has 4 atom stereocenters. The van der Waals surface area contributed by atoms with Crippen molar-refractivity contribution in [3.8, 4) is 0 Å². The van der Waals surface area contributed by atoms with Crippen LogP contribution in [-0.4, -0.2) is 39.7 Å². The molecule has 1 aromatic carbocycles. The van der Waals surface area contributed by atoms with Crippen LogP contribution in [0.5, 0.6) is 0 Å². The van der Waals surface area contributed by atoms with E-state index in [9.17, 15) is 19.1 Å². The Balaban J connectivity index is 1.62. The molecule has 0 spiro atoms. The summed E-state index contributed by atoms with van der Waals surface area (Å²) in [5, 5.41) is 13.0. The molecule has 0 bridgehead atoms. The number of benzene rings is 1. The van der Waals surface area contributed by atoms with Crippen molar-refractivity contribution in [2.24, 2.45) is 11.8 Å². The van der Waals surface area contributed by atoms with Crippen molar-refractivity contribution in [3.63, 3.8) is 0 Å². The first kappa shape index (κ1) is 21.5. The number of fused-ring (bicyclic) bond motifs is 3. The summed E-state index contributed by atoms with van der Waals surface area (Å²) < 4.78 is 15.7. The third kappa shape index (κ3) is 3.62. The standard InChI is InChI=1S/C24H28FN3O3/c1-3-7-15-10-11-20-21-17(13-28(20)24(15)31)18(14-29)22(27(21)4-2)23(30)26-12-16-8-5-6-9-19(16)25/h3,5-11,17-18,21-22,29H,4,12-14H2,1-2H3,(H,26,30)/b7-3-/t17-,18-,21+,22-/m0/s1. The topological polar surface area (TPSA) is 74.6 Å². The fourth-order valence-electron chi connectivity index (χ4n) is 5.23. The molecule has 0 aliphatic carbocycles. The maximum atomic E-state index is 13.9. The fourth-order valence-corrected chi connectivity index (χ4v) is 5.23. The predicted molar refractivity (Wildman–Crippen MR) is 117 cm³/mol. The lowest BCUT2D eigenvalue weighted by Gasteiger charge is -2.29. The Morgan fingerprint density at radius 3 is 2.74 bits per heavy atom. The molecule has 31 heavy (non-hydrogen) atoms. The van der Waals surface area contributed by atoms with E-state index >= 15 is 0 Å². The summed E-state index contributed by atoms with van der Waals surface area (Å²) in [4.78, 5) is 28.1. The van der Waals surface area contributed by atoms with Crippen molar-refractivity contribution in [3.05, 3.63) is 75.5 Å². The molecular weight excluding hydrogens is 397 g/mol. The van der Waals surface area contributed by atoms with Crippen LogP contribution in [0.1, 0.15) is 36.7 Å².